The molecule has 4 heterocycles. The quantitative estimate of drug-likeness (QED) is 0.381. The van der Waals surface area contributed by atoms with Gasteiger partial charge in [-0.1, -0.05) is 26.0 Å². The molecule has 2 N–H and O–H groups in total. The Labute approximate surface area is 211 Å². The van der Waals surface area contributed by atoms with Crippen LogP contribution in [0.15, 0.2) is 42.7 Å². The number of hydrogen-bond acceptors (Lipinski definition) is 7. The third-order valence-electron chi connectivity index (χ3n) is 6.79. The minimum atomic E-state index is -0.477. The van der Waals surface area contributed by atoms with E-state index in [2.05, 4.69) is 74.0 Å². The number of hydrogen-bond donors (Lipinski definition) is 2. The molecule has 0 saturated carbocycles. The van der Waals surface area contributed by atoms with Crippen LogP contribution < -0.4 is 5.32 Å². The predicted octanol–water partition coefficient (Wildman–Crippen LogP) is 4.95. The summed E-state index contributed by atoms with van der Waals surface area (Å²) in [6.45, 7) is 13.9. The Bertz CT molecular complexity index is 1320. The number of piperazine rings is 1. The zero-order valence-corrected chi connectivity index (χ0v) is 21.3. The number of fused-ring (bicyclic) bond motifs is 1. The van der Waals surface area contributed by atoms with Gasteiger partial charge in [0.2, 0.25) is 5.95 Å². The maximum absolute atomic E-state index is 14.7. The first kappa shape index (κ1) is 24.3. The molecule has 1 fully saturated rings. The highest BCUT2D eigenvalue weighted by Gasteiger charge is 2.19. The summed E-state index contributed by atoms with van der Waals surface area (Å²) >= 11 is 0. The standard InChI is InChI=1S/C27H33FN8/c1-17(2)25-21-13-20(6-7-23(21)33-34-25)26-22(28)15-30-27(32-26)31-24-8-5-19(14-29-24)16-35-9-11-36(12-10-35)18(3)4/h5-8,13-15,17-18H,9-12,16H2,1-4H3,(H,33,34)(H,29,30,31,32). The molecule has 3 aromatic heterocycles. The number of aromatic nitrogens is 5. The molecule has 36 heavy (non-hydrogen) atoms. The van der Waals surface area contributed by atoms with Crippen molar-refractivity contribution in [3.8, 4) is 11.3 Å². The van der Waals surface area contributed by atoms with Gasteiger partial charge in [0.1, 0.15) is 11.5 Å². The van der Waals surface area contributed by atoms with Gasteiger partial charge in [0.25, 0.3) is 0 Å². The number of benzene rings is 1. The molecule has 0 aliphatic carbocycles. The van der Waals surface area contributed by atoms with Crippen molar-refractivity contribution >= 4 is 22.7 Å². The summed E-state index contributed by atoms with van der Waals surface area (Å²) in [5, 5.41) is 11.5. The zero-order valence-electron chi connectivity index (χ0n) is 21.3. The third kappa shape index (κ3) is 5.22. The van der Waals surface area contributed by atoms with Crippen molar-refractivity contribution in [1.82, 2.24) is 34.9 Å². The van der Waals surface area contributed by atoms with Crippen molar-refractivity contribution in [1.29, 1.82) is 0 Å². The molecule has 0 bridgehead atoms. The van der Waals surface area contributed by atoms with E-state index >= 15 is 0 Å². The van der Waals surface area contributed by atoms with Crippen molar-refractivity contribution in [2.24, 2.45) is 0 Å². The molecular weight excluding hydrogens is 455 g/mol. The van der Waals surface area contributed by atoms with E-state index in [0.29, 0.717) is 23.4 Å². The Morgan fingerprint density at radius 1 is 1.00 bits per heavy atom. The van der Waals surface area contributed by atoms with Crippen molar-refractivity contribution in [3.05, 3.63) is 59.8 Å². The Balaban J connectivity index is 1.28. The van der Waals surface area contributed by atoms with Crippen LogP contribution in [0, 0.1) is 5.82 Å². The van der Waals surface area contributed by atoms with Gasteiger partial charge in [-0.3, -0.25) is 14.9 Å². The molecule has 0 unspecified atom stereocenters. The highest BCUT2D eigenvalue weighted by molar-refractivity contribution is 5.86. The van der Waals surface area contributed by atoms with Crippen LogP contribution in [-0.4, -0.2) is 67.2 Å². The van der Waals surface area contributed by atoms with Crippen molar-refractivity contribution in [3.63, 3.8) is 0 Å². The molecule has 9 heteroatoms. The number of halogens is 1. The fourth-order valence-electron chi connectivity index (χ4n) is 4.65. The van der Waals surface area contributed by atoms with Crippen LogP contribution in [0.25, 0.3) is 22.2 Å². The highest BCUT2D eigenvalue weighted by atomic mass is 19.1. The Morgan fingerprint density at radius 2 is 1.81 bits per heavy atom. The first-order valence-corrected chi connectivity index (χ1v) is 12.6. The molecule has 5 rings (SSSR count). The van der Waals surface area contributed by atoms with Crippen LogP contribution in [0.3, 0.4) is 0 Å². The van der Waals surface area contributed by atoms with Gasteiger partial charge in [-0.2, -0.15) is 5.10 Å². The largest absolute Gasteiger partial charge is 0.309 e. The number of anilines is 2. The van der Waals surface area contributed by atoms with Gasteiger partial charge in [0.05, 0.1) is 11.7 Å². The van der Waals surface area contributed by atoms with E-state index < -0.39 is 5.82 Å². The molecule has 0 amide bonds. The lowest BCUT2D eigenvalue weighted by Crippen LogP contribution is -2.48. The summed E-state index contributed by atoms with van der Waals surface area (Å²) in [6, 6.07) is 10.2. The molecule has 0 spiro atoms. The number of pyridine rings is 1. The summed E-state index contributed by atoms with van der Waals surface area (Å²) in [5.41, 5.74) is 3.94. The molecule has 1 aliphatic heterocycles. The smallest absolute Gasteiger partial charge is 0.229 e. The third-order valence-corrected chi connectivity index (χ3v) is 6.79. The number of nitrogens with zero attached hydrogens (tertiary/aromatic N) is 6. The monoisotopic (exact) mass is 488 g/mol. The summed E-state index contributed by atoms with van der Waals surface area (Å²) in [4.78, 5) is 18.1. The minimum absolute atomic E-state index is 0.238. The van der Waals surface area contributed by atoms with E-state index in [9.17, 15) is 4.39 Å². The number of aromatic amines is 1. The Kier molecular flexibility index (Phi) is 6.93. The van der Waals surface area contributed by atoms with Crippen molar-refractivity contribution in [2.75, 3.05) is 31.5 Å². The molecule has 188 valence electrons. The highest BCUT2D eigenvalue weighted by Crippen LogP contribution is 2.29. The SMILES string of the molecule is CC(C)c1[nH]nc2ccc(-c3nc(Nc4ccc(CN5CCN(C(C)C)CC5)cn4)ncc3F)cc12. The van der Waals surface area contributed by atoms with Crippen LogP contribution in [0.1, 0.15) is 44.9 Å². The van der Waals surface area contributed by atoms with E-state index in [1.807, 2.05) is 30.5 Å². The fraction of sp³-hybridized carbons (Fsp3) is 0.407. The number of rotatable bonds is 7. The first-order chi connectivity index (χ1) is 17.4. The lowest BCUT2D eigenvalue weighted by atomic mass is 10.0. The van der Waals surface area contributed by atoms with Gasteiger partial charge in [-0.15, -0.1) is 0 Å². The van der Waals surface area contributed by atoms with E-state index in [0.717, 1.165) is 54.9 Å². The van der Waals surface area contributed by atoms with Gasteiger partial charge < -0.3 is 5.32 Å². The topological polar surface area (TPSA) is 85.9 Å². The van der Waals surface area contributed by atoms with E-state index in [-0.39, 0.29) is 11.6 Å². The average molecular weight is 489 g/mol. The number of H-pyrrole nitrogens is 1. The normalized spacial score (nSPS) is 15.3. The second-order valence-corrected chi connectivity index (χ2v) is 10.00. The van der Waals surface area contributed by atoms with Crippen molar-refractivity contribution < 1.29 is 4.39 Å². The maximum atomic E-state index is 14.7. The second kappa shape index (κ2) is 10.3. The van der Waals surface area contributed by atoms with Crippen molar-refractivity contribution in [2.45, 2.75) is 46.2 Å². The lowest BCUT2D eigenvalue weighted by molar-refractivity contribution is 0.104. The van der Waals surface area contributed by atoms with E-state index in [1.165, 1.54) is 6.20 Å². The zero-order chi connectivity index (χ0) is 25.2. The van der Waals surface area contributed by atoms with Gasteiger partial charge in [0.15, 0.2) is 5.82 Å². The van der Waals surface area contributed by atoms with Crippen LogP contribution in [-0.2, 0) is 6.54 Å². The number of nitrogens with one attached hydrogen (secondary N) is 2. The van der Waals surface area contributed by atoms with Crippen LogP contribution in [0.4, 0.5) is 16.2 Å². The Hall–Kier alpha value is -3.43. The molecule has 1 aliphatic rings. The van der Waals surface area contributed by atoms with E-state index in [1.54, 1.807) is 0 Å². The summed E-state index contributed by atoms with van der Waals surface area (Å²) in [7, 11) is 0. The van der Waals surface area contributed by atoms with Crippen LogP contribution in [0.5, 0.6) is 0 Å². The average Bonchev–Trinajstić information content (AvgIpc) is 3.30. The molecule has 4 aromatic rings. The Morgan fingerprint density at radius 3 is 2.50 bits per heavy atom. The molecule has 1 aromatic carbocycles. The molecule has 8 nitrogen and oxygen atoms in total. The summed E-state index contributed by atoms with van der Waals surface area (Å²) in [5.74, 6) is 0.716. The molecule has 0 atom stereocenters. The molecule has 0 radical (unpaired) electrons. The molecule has 1 saturated heterocycles. The molecular formula is C27H33FN8. The first-order valence-electron chi connectivity index (χ1n) is 12.6. The summed E-state index contributed by atoms with van der Waals surface area (Å²) in [6.07, 6.45) is 3.07. The van der Waals surface area contributed by atoms with Crippen LogP contribution in [0.2, 0.25) is 0 Å². The second-order valence-electron chi connectivity index (χ2n) is 10.00. The van der Waals surface area contributed by atoms with Gasteiger partial charge in [-0.05, 0) is 43.5 Å². The summed E-state index contributed by atoms with van der Waals surface area (Å²) < 4.78 is 14.7. The van der Waals surface area contributed by atoms with Gasteiger partial charge in [-0.25, -0.2) is 19.3 Å². The minimum Gasteiger partial charge on any atom is -0.309 e. The van der Waals surface area contributed by atoms with E-state index in [4.69, 9.17) is 0 Å². The lowest BCUT2D eigenvalue weighted by Gasteiger charge is -2.36. The van der Waals surface area contributed by atoms with Gasteiger partial charge >= 0.3 is 0 Å². The fourth-order valence-corrected chi connectivity index (χ4v) is 4.65. The predicted molar refractivity (Wildman–Crippen MR) is 141 cm³/mol. The maximum Gasteiger partial charge on any atom is 0.229 e. The van der Waals surface area contributed by atoms with Crippen LogP contribution >= 0.6 is 0 Å². The van der Waals surface area contributed by atoms with Gasteiger partial charge in [0, 0.05) is 61.6 Å².